The number of rotatable bonds is 1. The fourth-order valence-corrected chi connectivity index (χ4v) is 2.14. The van der Waals surface area contributed by atoms with E-state index in [0.717, 1.165) is 27.7 Å². The molecule has 4 aromatic rings. The molecule has 0 atom stereocenters. The lowest BCUT2D eigenvalue weighted by Crippen LogP contribution is -1.86. The van der Waals surface area contributed by atoms with Crippen LogP contribution in [0.3, 0.4) is 0 Å². The van der Waals surface area contributed by atoms with Gasteiger partial charge in [0, 0.05) is 23.5 Å². The fraction of sp³-hybridized carbons (Fsp3) is 0. The van der Waals surface area contributed by atoms with E-state index in [1.165, 1.54) is 0 Å². The number of H-pyrrole nitrogens is 2. The summed E-state index contributed by atoms with van der Waals surface area (Å²) in [6, 6.07) is 1.94. The number of aromatic nitrogens is 6. The number of imidazole rings is 2. The maximum Gasteiger partial charge on any atom is 0.178 e. The number of fused-ring (bicyclic) bond motifs is 2. The van der Waals surface area contributed by atoms with Crippen LogP contribution < -0.4 is 0 Å². The monoisotopic (exact) mass is 236 g/mol. The van der Waals surface area contributed by atoms with Gasteiger partial charge in [-0.3, -0.25) is 4.98 Å². The first kappa shape index (κ1) is 9.29. The van der Waals surface area contributed by atoms with E-state index in [-0.39, 0.29) is 0 Å². The van der Waals surface area contributed by atoms with Gasteiger partial charge in [0.15, 0.2) is 5.65 Å². The van der Waals surface area contributed by atoms with Gasteiger partial charge in [-0.1, -0.05) is 0 Å². The normalized spacial score (nSPS) is 11.3. The van der Waals surface area contributed by atoms with Gasteiger partial charge in [-0.25, -0.2) is 15.0 Å². The van der Waals surface area contributed by atoms with Gasteiger partial charge < -0.3 is 9.97 Å². The molecule has 0 saturated heterocycles. The number of hydrogen-bond donors (Lipinski definition) is 2. The predicted molar refractivity (Wildman–Crippen MR) is 66.8 cm³/mol. The number of nitrogens with zero attached hydrogens (tertiary/aromatic N) is 4. The van der Waals surface area contributed by atoms with Crippen molar-refractivity contribution in [3.63, 3.8) is 0 Å². The first-order chi connectivity index (χ1) is 8.93. The Labute approximate surface area is 101 Å². The number of nitrogens with one attached hydrogen (secondary N) is 2. The highest BCUT2D eigenvalue weighted by Crippen LogP contribution is 2.29. The minimum atomic E-state index is 0.694. The average Bonchev–Trinajstić information content (AvgIpc) is 3.06. The van der Waals surface area contributed by atoms with Crippen LogP contribution >= 0.6 is 0 Å². The highest BCUT2D eigenvalue weighted by molar-refractivity contribution is 5.98. The van der Waals surface area contributed by atoms with Crippen molar-refractivity contribution in [1.82, 2.24) is 29.9 Å². The van der Waals surface area contributed by atoms with Crippen LogP contribution in [-0.4, -0.2) is 29.9 Å². The standard InChI is InChI=1S/C12H8N6/c1-2-14-12-11(17-6-18-12)7(1)8-3-13-4-9-10(8)16-5-15-9/h1-6H,(H,15,16)(H,14,17,18). The van der Waals surface area contributed by atoms with Crippen LogP contribution in [0.2, 0.25) is 0 Å². The molecule has 0 unspecified atom stereocenters. The summed E-state index contributed by atoms with van der Waals surface area (Å²) in [6.45, 7) is 0. The minimum absolute atomic E-state index is 0.694. The van der Waals surface area contributed by atoms with Crippen molar-refractivity contribution in [1.29, 1.82) is 0 Å². The number of hydrogen-bond acceptors (Lipinski definition) is 4. The van der Waals surface area contributed by atoms with E-state index in [1.807, 2.05) is 6.07 Å². The van der Waals surface area contributed by atoms with Gasteiger partial charge in [-0.05, 0) is 6.07 Å². The molecule has 6 nitrogen and oxygen atoms in total. The predicted octanol–water partition coefficient (Wildman–Crippen LogP) is 1.90. The summed E-state index contributed by atoms with van der Waals surface area (Å²) in [6.07, 6.45) is 8.61. The molecule has 4 aromatic heterocycles. The summed E-state index contributed by atoms with van der Waals surface area (Å²) >= 11 is 0. The second-order valence-electron chi connectivity index (χ2n) is 3.95. The molecule has 0 saturated carbocycles. The quantitative estimate of drug-likeness (QED) is 0.528. The van der Waals surface area contributed by atoms with Crippen LogP contribution in [0.1, 0.15) is 0 Å². The third kappa shape index (κ3) is 1.17. The molecule has 0 bridgehead atoms. The molecule has 0 amide bonds. The highest BCUT2D eigenvalue weighted by Gasteiger charge is 2.11. The van der Waals surface area contributed by atoms with Gasteiger partial charge in [0.05, 0.1) is 35.4 Å². The largest absolute Gasteiger partial charge is 0.343 e. The van der Waals surface area contributed by atoms with Crippen LogP contribution in [0.15, 0.2) is 37.3 Å². The van der Waals surface area contributed by atoms with Gasteiger partial charge in [-0.15, -0.1) is 0 Å². The molecule has 0 radical (unpaired) electrons. The SMILES string of the molecule is c1cc(-c2cncc3[nH]cnc23)c2[nH]cnc2n1. The molecule has 86 valence electrons. The lowest BCUT2D eigenvalue weighted by Gasteiger charge is -2.02. The Kier molecular flexibility index (Phi) is 1.74. The summed E-state index contributed by atoms with van der Waals surface area (Å²) in [5, 5.41) is 0. The zero-order valence-corrected chi connectivity index (χ0v) is 9.25. The molecule has 0 aromatic carbocycles. The Balaban J connectivity index is 2.13. The molecular weight excluding hydrogens is 228 g/mol. The van der Waals surface area contributed by atoms with Crippen LogP contribution in [0.25, 0.3) is 33.3 Å². The van der Waals surface area contributed by atoms with Crippen molar-refractivity contribution in [2.75, 3.05) is 0 Å². The molecule has 0 aliphatic rings. The number of aromatic amines is 2. The first-order valence-corrected chi connectivity index (χ1v) is 5.49. The van der Waals surface area contributed by atoms with Crippen molar-refractivity contribution in [3.8, 4) is 11.1 Å². The van der Waals surface area contributed by atoms with E-state index in [4.69, 9.17) is 0 Å². The van der Waals surface area contributed by atoms with Crippen molar-refractivity contribution < 1.29 is 0 Å². The van der Waals surface area contributed by atoms with Gasteiger partial charge in [0.25, 0.3) is 0 Å². The summed E-state index contributed by atoms with van der Waals surface area (Å²) in [5.41, 5.74) is 5.37. The first-order valence-electron chi connectivity index (χ1n) is 5.49. The Morgan fingerprint density at radius 3 is 2.83 bits per heavy atom. The lowest BCUT2D eigenvalue weighted by atomic mass is 10.1. The Morgan fingerprint density at radius 2 is 1.83 bits per heavy atom. The average molecular weight is 236 g/mol. The van der Waals surface area contributed by atoms with Crippen LogP contribution in [-0.2, 0) is 0 Å². The Morgan fingerprint density at radius 1 is 0.889 bits per heavy atom. The van der Waals surface area contributed by atoms with Gasteiger partial charge >= 0.3 is 0 Å². The molecule has 0 aliphatic carbocycles. The minimum Gasteiger partial charge on any atom is -0.343 e. The molecular formula is C12H8N6. The Hall–Kier alpha value is -2.76. The molecule has 6 heteroatoms. The zero-order chi connectivity index (χ0) is 11.9. The molecule has 0 spiro atoms. The summed E-state index contributed by atoms with van der Waals surface area (Å²) < 4.78 is 0. The van der Waals surface area contributed by atoms with E-state index < -0.39 is 0 Å². The molecule has 0 fully saturated rings. The summed E-state index contributed by atoms with van der Waals surface area (Å²) in [4.78, 5) is 23.1. The second kappa shape index (κ2) is 3.36. The molecule has 4 rings (SSSR count). The van der Waals surface area contributed by atoms with Crippen LogP contribution in [0.4, 0.5) is 0 Å². The van der Waals surface area contributed by atoms with E-state index >= 15 is 0 Å². The fourth-order valence-electron chi connectivity index (χ4n) is 2.14. The van der Waals surface area contributed by atoms with Crippen molar-refractivity contribution in [2.24, 2.45) is 0 Å². The van der Waals surface area contributed by atoms with E-state index in [9.17, 15) is 0 Å². The van der Waals surface area contributed by atoms with Gasteiger partial charge in [-0.2, -0.15) is 0 Å². The van der Waals surface area contributed by atoms with Crippen molar-refractivity contribution in [3.05, 3.63) is 37.3 Å². The summed E-state index contributed by atoms with van der Waals surface area (Å²) in [5.74, 6) is 0. The van der Waals surface area contributed by atoms with E-state index in [1.54, 1.807) is 31.2 Å². The maximum absolute atomic E-state index is 4.34. The molecule has 4 heterocycles. The summed E-state index contributed by atoms with van der Waals surface area (Å²) in [7, 11) is 0. The molecule has 0 aliphatic heterocycles. The lowest BCUT2D eigenvalue weighted by molar-refractivity contribution is 1.30. The zero-order valence-electron chi connectivity index (χ0n) is 9.25. The molecule has 18 heavy (non-hydrogen) atoms. The van der Waals surface area contributed by atoms with Crippen molar-refractivity contribution >= 4 is 22.2 Å². The van der Waals surface area contributed by atoms with Crippen molar-refractivity contribution in [2.45, 2.75) is 0 Å². The van der Waals surface area contributed by atoms with Gasteiger partial charge in [0.1, 0.15) is 0 Å². The number of pyridine rings is 2. The topological polar surface area (TPSA) is 83.1 Å². The second-order valence-corrected chi connectivity index (χ2v) is 3.95. The van der Waals surface area contributed by atoms with Gasteiger partial charge in [0.2, 0.25) is 0 Å². The van der Waals surface area contributed by atoms with E-state index in [2.05, 4.69) is 29.9 Å². The maximum atomic E-state index is 4.34. The highest BCUT2D eigenvalue weighted by atomic mass is 14.9. The Bertz CT molecular complexity index is 772. The van der Waals surface area contributed by atoms with Crippen LogP contribution in [0, 0.1) is 0 Å². The smallest absolute Gasteiger partial charge is 0.178 e. The van der Waals surface area contributed by atoms with E-state index in [0.29, 0.717) is 5.65 Å². The van der Waals surface area contributed by atoms with Crippen LogP contribution in [0.5, 0.6) is 0 Å². The third-order valence-electron chi connectivity index (χ3n) is 2.95. The molecule has 2 N–H and O–H groups in total. The third-order valence-corrected chi connectivity index (χ3v) is 2.95.